The van der Waals surface area contributed by atoms with E-state index in [0.29, 0.717) is 5.57 Å². The van der Waals surface area contributed by atoms with E-state index in [9.17, 15) is 9.36 Å². The minimum Gasteiger partial charge on any atom is -0.460 e. The van der Waals surface area contributed by atoms with E-state index >= 15 is 0 Å². The standard InChI is InChI=1S/C9H15O6P/c1-7(2)9(10)12-4-5-13-16(11)14-6-8(3)15-16/h8H,1,4-6H2,2-3H3. The van der Waals surface area contributed by atoms with E-state index in [0.717, 1.165) is 0 Å². The molecule has 1 saturated heterocycles. The van der Waals surface area contributed by atoms with Crippen molar-refractivity contribution in [3.8, 4) is 0 Å². The fourth-order valence-corrected chi connectivity index (χ4v) is 2.34. The Hall–Kier alpha value is -0.680. The van der Waals surface area contributed by atoms with Gasteiger partial charge in [-0.1, -0.05) is 6.58 Å². The molecule has 1 heterocycles. The quantitative estimate of drug-likeness (QED) is 0.320. The van der Waals surface area contributed by atoms with Gasteiger partial charge in [0, 0.05) is 5.57 Å². The molecule has 1 rings (SSSR count). The molecule has 92 valence electrons. The van der Waals surface area contributed by atoms with Gasteiger partial charge in [-0.25, -0.2) is 9.36 Å². The molecule has 0 aliphatic carbocycles. The molecular formula is C9H15O6P. The molecule has 0 aromatic carbocycles. The average molecular weight is 250 g/mol. The molecule has 0 bridgehead atoms. The van der Waals surface area contributed by atoms with Gasteiger partial charge in [-0.3, -0.25) is 13.6 Å². The lowest BCUT2D eigenvalue weighted by Crippen LogP contribution is -2.10. The number of ether oxygens (including phenoxy) is 1. The second-order valence-electron chi connectivity index (χ2n) is 3.41. The molecular weight excluding hydrogens is 235 g/mol. The lowest BCUT2D eigenvalue weighted by atomic mass is 10.4. The summed E-state index contributed by atoms with van der Waals surface area (Å²) < 4.78 is 31.0. The van der Waals surface area contributed by atoms with Gasteiger partial charge in [-0.2, -0.15) is 0 Å². The molecule has 0 radical (unpaired) electrons. The van der Waals surface area contributed by atoms with Gasteiger partial charge in [0.1, 0.15) is 6.61 Å². The number of esters is 1. The summed E-state index contributed by atoms with van der Waals surface area (Å²) in [4.78, 5) is 11.0. The molecule has 0 spiro atoms. The van der Waals surface area contributed by atoms with Crippen LogP contribution in [0.2, 0.25) is 0 Å². The number of hydrogen-bond donors (Lipinski definition) is 0. The van der Waals surface area contributed by atoms with Crippen molar-refractivity contribution < 1.29 is 27.7 Å². The number of hydrogen-bond acceptors (Lipinski definition) is 6. The molecule has 0 saturated carbocycles. The maximum atomic E-state index is 11.6. The highest BCUT2D eigenvalue weighted by atomic mass is 31.2. The summed E-state index contributed by atoms with van der Waals surface area (Å²) in [5.74, 6) is -0.511. The Morgan fingerprint density at radius 2 is 2.25 bits per heavy atom. The SMILES string of the molecule is C=C(C)C(=O)OCCOP1(=O)OCC(C)O1. The number of carbonyl (C=O) groups excluding carboxylic acids is 1. The molecule has 7 heteroatoms. The van der Waals surface area contributed by atoms with Gasteiger partial charge in [0.15, 0.2) is 0 Å². The Morgan fingerprint density at radius 1 is 1.56 bits per heavy atom. The second kappa shape index (κ2) is 5.59. The number of phosphoric acid groups is 1. The van der Waals surface area contributed by atoms with Gasteiger partial charge < -0.3 is 4.74 Å². The van der Waals surface area contributed by atoms with Gasteiger partial charge in [-0.05, 0) is 13.8 Å². The topological polar surface area (TPSA) is 71.1 Å². The summed E-state index contributed by atoms with van der Waals surface area (Å²) in [5, 5.41) is 0. The average Bonchev–Trinajstić information content (AvgIpc) is 2.53. The van der Waals surface area contributed by atoms with Crippen LogP contribution in [-0.2, 0) is 27.7 Å². The fourth-order valence-electron chi connectivity index (χ4n) is 0.952. The van der Waals surface area contributed by atoms with Crippen molar-refractivity contribution in [3.63, 3.8) is 0 Å². The first kappa shape index (κ1) is 13.4. The zero-order valence-electron chi connectivity index (χ0n) is 9.30. The van der Waals surface area contributed by atoms with Crippen molar-refractivity contribution >= 4 is 13.8 Å². The summed E-state index contributed by atoms with van der Waals surface area (Å²) >= 11 is 0. The molecule has 2 atom stereocenters. The summed E-state index contributed by atoms with van der Waals surface area (Å²) in [6.07, 6.45) is -0.246. The zero-order chi connectivity index (χ0) is 12.2. The Morgan fingerprint density at radius 3 is 2.75 bits per heavy atom. The molecule has 0 amide bonds. The minimum atomic E-state index is -3.42. The number of phosphoric ester groups is 1. The van der Waals surface area contributed by atoms with Crippen molar-refractivity contribution in [2.75, 3.05) is 19.8 Å². The van der Waals surface area contributed by atoms with Crippen LogP contribution in [0.5, 0.6) is 0 Å². The van der Waals surface area contributed by atoms with Crippen LogP contribution in [0.1, 0.15) is 13.8 Å². The van der Waals surface area contributed by atoms with E-state index in [4.69, 9.17) is 18.3 Å². The van der Waals surface area contributed by atoms with Gasteiger partial charge in [0.2, 0.25) is 0 Å². The summed E-state index contributed by atoms with van der Waals surface area (Å²) in [5.41, 5.74) is 0.300. The highest BCUT2D eigenvalue weighted by molar-refractivity contribution is 7.48. The molecule has 16 heavy (non-hydrogen) atoms. The normalized spacial score (nSPS) is 29.0. The largest absolute Gasteiger partial charge is 0.475 e. The Bertz CT molecular complexity index is 326. The smallest absolute Gasteiger partial charge is 0.460 e. The molecule has 0 N–H and O–H groups in total. The monoisotopic (exact) mass is 250 g/mol. The zero-order valence-corrected chi connectivity index (χ0v) is 10.2. The summed E-state index contributed by atoms with van der Waals surface area (Å²) in [6.45, 7) is 6.86. The molecule has 1 aliphatic heterocycles. The predicted molar refractivity (Wildman–Crippen MR) is 55.8 cm³/mol. The first-order chi connectivity index (χ1) is 7.43. The lowest BCUT2D eigenvalue weighted by Gasteiger charge is -2.10. The third kappa shape index (κ3) is 4.06. The van der Waals surface area contributed by atoms with E-state index in [1.54, 1.807) is 6.92 Å². The van der Waals surface area contributed by atoms with E-state index in [-0.39, 0.29) is 25.9 Å². The molecule has 1 aliphatic rings. The maximum Gasteiger partial charge on any atom is 0.475 e. The van der Waals surface area contributed by atoms with E-state index in [1.165, 1.54) is 6.92 Å². The van der Waals surface area contributed by atoms with Crippen molar-refractivity contribution in [2.45, 2.75) is 20.0 Å². The lowest BCUT2D eigenvalue weighted by molar-refractivity contribution is -0.139. The molecule has 6 nitrogen and oxygen atoms in total. The Labute approximate surface area is 94.1 Å². The van der Waals surface area contributed by atoms with Crippen LogP contribution in [0.25, 0.3) is 0 Å². The van der Waals surface area contributed by atoms with Crippen LogP contribution < -0.4 is 0 Å². The van der Waals surface area contributed by atoms with E-state index in [1.807, 2.05) is 0 Å². The Kier molecular flexibility index (Phi) is 4.68. The van der Waals surface area contributed by atoms with Gasteiger partial charge in [0.25, 0.3) is 0 Å². The van der Waals surface area contributed by atoms with Crippen molar-refractivity contribution in [3.05, 3.63) is 12.2 Å². The van der Waals surface area contributed by atoms with Crippen molar-refractivity contribution in [2.24, 2.45) is 0 Å². The summed E-state index contributed by atoms with van der Waals surface area (Å²) in [7, 11) is -3.42. The molecule has 0 aromatic heterocycles. The van der Waals surface area contributed by atoms with Crippen molar-refractivity contribution in [1.29, 1.82) is 0 Å². The summed E-state index contributed by atoms with van der Waals surface area (Å²) in [6, 6.07) is 0. The van der Waals surface area contributed by atoms with Gasteiger partial charge >= 0.3 is 13.8 Å². The first-order valence-corrected chi connectivity index (χ1v) is 6.29. The third-order valence-corrected chi connectivity index (χ3v) is 3.27. The van der Waals surface area contributed by atoms with Crippen LogP contribution in [0, 0.1) is 0 Å². The second-order valence-corrected chi connectivity index (χ2v) is 5.03. The fraction of sp³-hybridized carbons (Fsp3) is 0.667. The van der Waals surface area contributed by atoms with Crippen molar-refractivity contribution in [1.82, 2.24) is 0 Å². The number of rotatable bonds is 5. The highest BCUT2D eigenvalue weighted by Gasteiger charge is 2.36. The number of carbonyl (C=O) groups is 1. The Balaban J connectivity index is 2.19. The predicted octanol–water partition coefficient (Wildman–Crippen LogP) is 1.67. The van der Waals surface area contributed by atoms with Crippen LogP contribution in [0.15, 0.2) is 12.2 Å². The van der Waals surface area contributed by atoms with Crippen LogP contribution in [0.3, 0.4) is 0 Å². The molecule has 1 fully saturated rings. The van der Waals surface area contributed by atoms with Crippen LogP contribution >= 0.6 is 7.82 Å². The van der Waals surface area contributed by atoms with E-state index < -0.39 is 13.8 Å². The molecule has 0 aromatic rings. The third-order valence-electron chi connectivity index (χ3n) is 1.69. The van der Waals surface area contributed by atoms with E-state index in [2.05, 4.69) is 6.58 Å². The van der Waals surface area contributed by atoms with Gasteiger partial charge in [0.05, 0.1) is 19.3 Å². The molecule has 2 unspecified atom stereocenters. The first-order valence-electron chi connectivity index (χ1n) is 4.83. The van der Waals surface area contributed by atoms with Crippen LogP contribution in [0.4, 0.5) is 0 Å². The minimum absolute atomic E-state index is 0.0171. The van der Waals surface area contributed by atoms with Gasteiger partial charge in [-0.15, -0.1) is 0 Å². The van der Waals surface area contributed by atoms with Crippen LogP contribution in [-0.4, -0.2) is 31.9 Å². The highest BCUT2D eigenvalue weighted by Crippen LogP contribution is 2.54. The maximum absolute atomic E-state index is 11.6.